The first-order valence-electron chi connectivity index (χ1n) is 12.3. The maximum absolute atomic E-state index is 12.5. The standard InChI is InChI=1S/C27H27N5O7/c1-2-37-25(33)19-38-22-13-14-23(28-26(22)32(35)36)31-27(34)39-24(29-31)15-16-30(17-20-9-5-3-6-10-20)18-21-11-7-4-8-12-21/h3-14H,2,15-19H2,1H3. The maximum atomic E-state index is 12.5. The molecule has 0 aliphatic heterocycles. The van der Waals surface area contributed by atoms with E-state index in [1.165, 1.54) is 12.1 Å². The number of nitrogens with zero attached hydrogens (tertiary/aromatic N) is 5. The van der Waals surface area contributed by atoms with E-state index in [-0.39, 0.29) is 24.1 Å². The molecule has 0 bridgehead atoms. The fourth-order valence-corrected chi connectivity index (χ4v) is 3.84. The van der Waals surface area contributed by atoms with Crippen LogP contribution in [0.3, 0.4) is 0 Å². The third kappa shape index (κ3) is 7.58. The first kappa shape index (κ1) is 27.2. The molecule has 0 spiro atoms. The molecule has 0 aliphatic rings. The molecule has 0 amide bonds. The first-order valence-corrected chi connectivity index (χ1v) is 12.3. The van der Waals surface area contributed by atoms with E-state index in [2.05, 4.69) is 15.0 Å². The highest BCUT2D eigenvalue weighted by Gasteiger charge is 2.24. The number of carbonyl (C=O) groups is 1. The van der Waals surface area contributed by atoms with Gasteiger partial charge in [0.2, 0.25) is 11.6 Å². The van der Waals surface area contributed by atoms with E-state index in [1.54, 1.807) is 6.92 Å². The summed E-state index contributed by atoms with van der Waals surface area (Å²) in [6.07, 6.45) is 0.324. The minimum absolute atomic E-state index is 0.115. The second-order valence-electron chi connectivity index (χ2n) is 8.45. The summed E-state index contributed by atoms with van der Waals surface area (Å²) in [6, 6.07) is 22.6. The van der Waals surface area contributed by atoms with Gasteiger partial charge in [-0.05, 0) is 34.0 Å². The smallest absolute Gasteiger partial charge is 0.445 e. The molecule has 39 heavy (non-hydrogen) atoms. The molecule has 4 rings (SSSR count). The molecule has 0 atom stereocenters. The quantitative estimate of drug-likeness (QED) is 0.143. The zero-order valence-corrected chi connectivity index (χ0v) is 21.3. The molecule has 0 saturated carbocycles. The molecule has 12 heteroatoms. The molecule has 4 aromatic rings. The van der Waals surface area contributed by atoms with Crippen molar-refractivity contribution in [3.05, 3.63) is 110 Å². The second-order valence-corrected chi connectivity index (χ2v) is 8.45. The van der Waals surface area contributed by atoms with Crippen molar-refractivity contribution in [1.82, 2.24) is 19.7 Å². The van der Waals surface area contributed by atoms with Gasteiger partial charge in [-0.15, -0.1) is 9.78 Å². The summed E-state index contributed by atoms with van der Waals surface area (Å²) < 4.78 is 16.1. The van der Waals surface area contributed by atoms with Crippen LogP contribution in [-0.2, 0) is 29.0 Å². The molecule has 0 aliphatic carbocycles. The van der Waals surface area contributed by atoms with Gasteiger partial charge >= 0.3 is 17.5 Å². The Hall–Kier alpha value is -4.84. The largest absolute Gasteiger partial charge is 0.474 e. The number of carbonyl (C=O) groups excluding carboxylic acids is 1. The molecule has 2 aromatic carbocycles. The second kappa shape index (κ2) is 13.1. The van der Waals surface area contributed by atoms with Crippen molar-refractivity contribution in [3.63, 3.8) is 0 Å². The van der Waals surface area contributed by atoms with Crippen LogP contribution in [0.4, 0.5) is 5.82 Å². The number of rotatable bonds is 13. The van der Waals surface area contributed by atoms with Crippen LogP contribution in [0.5, 0.6) is 5.75 Å². The van der Waals surface area contributed by atoms with Gasteiger partial charge in [-0.1, -0.05) is 60.7 Å². The Morgan fingerprint density at radius 3 is 2.26 bits per heavy atom. The van der Waals surface area contributed by atoms with Gasteiger partial charge in [0.25, 0.3) is 5.82 Å². The lowest BCUT2D eigenvalue weighted by molar-refractivity contribution is -0.390. The molecule has 0 fully saturated rings. The highest BCUT2D eigenvalue weighted by Crippen LogP contribution is 2.25. The van der Waals surface area contributed by atoms with Crippen LogP contribution in [0.2, 0.25) is 0 Å². The van der Waals surface area contributed by atoms with Crippen LogP contribution in [0, 0.1) is 10.1 Å². The van der Waals surface area contributed by atoms with Crippen molar-refractivity contribution >= 4 is 11.8 Å². The van der Waals surface area contributed by atoms with Crippen LogP contribution < -0.4 is 10.5 Å². The van der Waals surface area contributed by atoms with Crippen molar-refractivity contribution in [1.29, 1.82) is 0 Å². The predicted molar refractivity (Wildman–Crippen MR) is 139 cm³/mol. The number of hydrogen-bond donors (Lipinski definition) is 0. The molecule has 0 radical (unpaired) electrons. The lowest BCUT2D eigenvalue weighted by Crippen LogP contribution is -2.25. The molecule has 12 nitrogen and oxygen atoms in total. The maximum Gasteiger partial charge on any atom is 0.445 e. The number of nitro groups is 1. The number of hydrogen-bond acceptors (Lipinski definition) is 10. The Morgan fingerprint density at radius 1 is 1.03 bits per heavy atom. The zero-order chi connectivity index (χ0) is 27.6. The number of ether oxygens (including phenoxy) is 2. The number of pyridine rings is 1. The SMILES string of the molecule is CCOC(=O)COc1ccc(-n2nc(CCN(Cc3ccccc3)Cc3ccccc3)oc2=O)nc1[N+](=O)[O-]. The summed E-state index contributed by atoms with van der Waals surface area (Å²) in [5, 5.41) is 15.8. The lowest BCUT2D eigenvalue weighted by atomic mass is 10.1. The molecular weight excluding hydrogens is 506 g/mol. The Bertz CT molecular complexity index is 1410. The summed E-state index contributed by atoms with van der Waals surface area (Å²) in [7, 11) is 0. The Labute approximate surface area is 223 Å². The lowest BCUT2D eigenvalue weighted by Gasteiger charge is -2.22. The van der Waals surface area contributed by atoms with E-state index in [9.17, 15) is 19.7 Å². The van der Waals surface area contributed by atoms with Gasteiger partial charge in [-0.2, -0.15) is 0 Å². The highest BCUT2D eigenvalue weighted by molar-refractivity contribution is 5.71. The predicted octanol–water partition coefficient (Wildman–Crippen LogP) is 3.32. The molecule has 0 N–H and O–H groups in total. The molecule has 2 aromatic heterocycles. The molecule has 0 unspecified atom stereocenters. The van der Waals surface area contributed by atoms with E-state index in [0.717, 1.165) is 15.8 Å². The molecule has 2 heterocycles. The van der Waals surface area contributed by atoms with E-state index in [4.69, 9.17) is 13.9 Å². The fourth-order valence-electron chi connectivity index (χ4n) is 3.84. The Balaban J connectivity index is 1.49. The zero-order valence-electron chi connectivity index (χ0n) is 21.3. The van der Waals surface area contributed by atoms with Crippen molar-refractivity contribution in [2.75, 3.05) is 19.8 Å². The normalized spacial score (nSPS) is 10.9. The average Bonchev–Trinajstić information content (AvgIpc) is 3.32. The summed E-state index contributed by atoms with van der Waals surface area (Å²) in [4.78, 5) is 41.0. The molecular formula is C27H27N5O7. The first-order chi connectivity index (χ1) is 18.9. The summed E-state index contributed by atoms with van der Waals surface area (Å²) in [5.41, 5.74) is 2.28. The van der Waals surface area contributed by atoms with Crippen molar-refractivity contribution < 1.29 is 23.6 Å². The van der Waals surface area contributed by atoms with Gasteiger partial charge in [-0.25, -0.2) is 9.59 Å². The van der Waals surface area contributed by atoms with Gasteiger partial charge < -0.3 is 24.0 Å². The summed E-state index contributed by atoms with van der Waals surface area (Å²) >= 11 is 0. The Kier molecular flexibility index (Phi) is 9.14. The summed E-state index contributed by atoms with van der Waals surface area (Å²) in [5.74, 6) is -2.38. The van der Waals surface area contributed by atoms with Gasteiger partial charge in [0.05, 0.1) is 6.61 Å². The topological polar surface area (TPSA) is 143 Å². The van der Waals surface area contributed by atoms with Crippen molar-refractivity contribution in [2.24, 2.45) is 0 Å². The Morgan fingerprint density at radius 2 is 1.67 bits per heavy atom. The van der Waals surface area contributed by atoms with E-state index >= 15 is 0 Å². The average molecular weight is 534 g/mol. The fraction of sp³-hybridized carbons (Fsp3) is 0.259. The van der Waals surface area contributed by atoms with E-state index in [0.29, 0.717) is 26.1 Å². The van der Waals surface area contributed by atoms with Crippen molar-refractivity contribution in [2.45, 2.75) is 26.4 Å². The number of aromatic nitrogens is 3. The van der Waals surface area contributed by atoms with E-state index < -0.39 is 29.1 Å². The molecule has 0 saturated heterocycles. The monoisotopic (exact) mass is 533 g/mol. The van der Waals surface area contributed by atoms with Crippen LogP contribution in [-0.4, -0.2) is 50.3 Å². The number of benzene rings is 2. The minimum atomic E-state index is -0.829. The van der Waals surface area contributed by atoms with Gasteiger partial charge in [0.1, 0.15) is 0 Å². The van der Waals surface area contributed by atoms with Crippen LogP contribution in [0.15, 0.2) is 82.0 Å². The minimum Gasteiger partial charge on any atom is -0.474 e. The third-order valence-electron chi connectivity index (χ3n) is 5.59. The third-order valence-corrected chi connectivity index (χ3v) is 5.59. The van der Waals surface area contributed by atoms with Crippen LogP contribution >= 0.6 is 0 Å². The van der Waals surface area contributed by atoms with Gasteiger partial charge in [-0.3, -0.25) is 4.90 Å². The van der Waals surface area contributed by atoms with Crippen LogP contribution in [0.1, 0.15) is 23.9 Å². The summed E-state index contributed by atoms with van der Waals surface area (Å²) in [6.45, 7) is 3.16. The molecule has 202 valence electrons. The van der Waals surface area contributed by atoms with Crippen LogP contribution in [0.25, 0.3) is 5.82 Å². The van der Waals surface area contributed by atoms with Gasteiger partial charge in [0, 0.05) is 32.1 Å². The van der Waals surface area contributed by atoms with E-state index in [1.807, 2.05) is 60.7 Å². The van der Waals surface area contributed by atoms with Gasteiger partial charge in [0.15, 0.2) is 6.61 Å². The number of esters is 1. The highest BCUT2D eigenvalue weighted by atomic mass is 16.6. The van der Waals surface area contributed by atoms with Crippen molar-refractivity contribution in [3.8, 4) is 11.6 Å².